The molecule has 0 atom stereocenters. The lowest BCUT2D eigenvalue weighted by Crippen LogP contribution is -1.86. The van der Waals surface area contributed by atoms with Gasteiger partial charge in [0.1, 0.15) is 0 Å². The number of hydrogen-bond acceptors (Lipinski definition) is 0. The average molecular weight is 364 g/mol. The van der Waals surface area contributed by atoms with E-state index < -0.39 is 0 Å². The molecule has 5 rings (SSSR count). The summed E-state index contributed by atoms with van der Waals surface area (Å²) in [6.07, 6.45) is 0. The lowest BCUT2D eigenvalue weighted by atomic mass is 10.0. The second kappa shape index (κ2) is 7.74. The minimum absolute atomic E-state index is 1.26. The molecule has 0 aliphatic carbocycles. The van der Waals surface area contributed by atoms with Gasteiger partial charge in [-0.25, -0.2) is 0 Å². The maximum Gasteiger partial charge on any atom is 0.0489 e. The molecule has 0 fully saturated rings. The summed E-state index contributed by atoms with van der Waals surface area (Å²) in [6.45, 7) is 4.00. The number of benzene rings is 4. The fourth-order valence-corrected chi connectivity index (χ4v) is 3.84. The third-order valence-corrected chi connectivity index (χ3v) is 5.22. The van der Waals surface area contributed by atoms with E-state index in [0.717, 1.165) is 0 Å². The molecule has 1 heteroatoms. The number of hydrogen-bond donors (Lipinski definition) is 0. The van der Waals surface area contributed by atoms with Crippen LogP contribution in [0.1, 0.15) is 13.8 Å². The highest BCUT2D eigenvalue weighted by Gasteiger charge is 2.10. The minimum atomic E-state index is 1.26. The van der Waals surface area contributed by atoms with Crippen molar-refractivity contribution in [2.75, 3.05) is 0 Å². The molecule has 0 saturated carbocycles. The van der Waals surface area contributed by atoms with Crippen molar-refractivity contribution in [3.8, 4) is 22.3 Å². The van der Waals surface area contributed by atoms with E-state index in [2.05, 4.69) is 109 Å². The summed E-state index contributed by atoms with van der Waals surface area (Å²) in [5.74, 6) is 0. The molecular weight excluding hydrogens is 338 g/mol. The van der Waals surface area contributed by atoms with Gasteiger partial charge in [0.25, 0.3) is 0 Å². The highest BCUT2D eigenvalue weighted by atomic mass is 14.9. The lowest BCUT2D eigenvalue weighted by Gasteiger charge is -2.03. The number of nitrogens with zero attached hydrogens (tertiary/aromatic N) is 1. The molecule has 0 bridgehead atoms. The van der Waals surface area contributed by atoms with Gasteiger partial charge in [-0.3, -0.25) is 0 Å². The van der Waals surface area contributed by atoms with E-state index in [1.54, 1.807) is 0 Å². The number of fused-ring (bicyclic) bond motifs is 3. The van der Waals surface area contributed by atoms with Crippen LogP contribution in [0.2, 0.25) is 0 Å². The van der Waals surface area contributed by atoms with Crippen molar-refractivity contribution in [1.29, 1.82) is 0 Å². The molecule has 138 valence electrons. The van der Waals surface area contributed by atoms with Crippen molar-refractivity contribution in [3.63, 3.8) is 0 Å². The van der Waals surface area contributed by atoms with E-state index >= 15 is 0 Å². The number of aromatic nitrogens is 1. The summed E-state index contributed by atoms with van der Waals surface area (Å²) in [6, 6.07) is 34.7. The minimum Gasteiger partial charge on any atom is -0.344 e. The Morgan fingerprint density at radius 2 is 0.857 bits per heavy atom. The summed E-state index contributed by atoms with van der Waals surface area (Å²) in [7, 11) is 2.15. The van der Waals surface area contributed by atoms with Crippen LogP contribution in [-0.2, 0) is 7.05 Å². The Balaban J connectivity index is 0.000000932. The molecule has 1 aromatic heterocycles. The van der Waals surface area contributed by atoms with Gasteiger partial charge < -0.3 is 4.57 Å². The van der Waals surface area contributed by atoms with Gasteiger partial charge in [-0.05, 0) is 46.5 Å². The molecule has 0 amide bonds. The first kappa shape index (κ1) is 18.1. The summed E-state index contributed by atoms with van der Waals surface area (Å²) in [5, 5.41) is 2.61. The molecule has 5 aromatic rings. The largest absolute Gasteiger partial charge is 0.344 e. The summed E-state index contributed by atoms with van der Waals surface area (Å²) < 4.78 is 2.29. The van der Waals surface area contributed by atoms with Crippen LogP contribution in [0, 0.1) is 0 Å². The van der Waals surface area contributed by atoms with Crippen molar-refractivity contribution < 1.29 is 0 Å². The van der Waals surface area contributed by atoms with E-state index in [4.69, 9.17) is 0 Å². The zero-order valence-electron chi connectivity index (χ0n) is 16.7. The molecule has 28 heavy (non-hydrogen) atoms. The lowest BCUT2D eigenvalue weighted by molar-refractivity contribution is 1.01. The molecule has 0 aliphatic rings. The molecule has 0 aliphatic heterocycles. The molecule has 4 aromatic carbocycles. The standard InChI is InChI=1S/C25H19N.C2H6/c1-26-24-14-12-20(18-8-4-2-5-9-18)16-22(24)23-17-21(13-15-25(23)26)19-10-6-3-7-11-19;1-2/h2-17H,1H3;1-2H3. The number of aryl methyl sites for hydroxylation is 1. The van der Waals surface area contributed by atoms with E-state index in [1.165, 1.54) is 44.1 Å². The Hall–Kier alpha value is -3.32. The van der Waals surface area contributed by atoms with Gasteiger partial charge in [0.05, 0.1) is 0 Å². The van der Waals surface area contributed by atoms with Gasteiger partial charge in [0.2, 0.25) is 0 Å². The highest BCUT2D eigenvalue weighted by Crippen LogP contribution is 2.34. The van der Waals surface area contributed by atoms with Gasteiger partial charge in [-0.2, -0.15) is 0 Å². The maximum atomic E-state index is 2.32. The van der Waals surface area contributed by atoms with Crippen molar-refractivity contribution in [2.24, 2.45) is 7.05 Å². The smallest absolute Gasteiger partial charge is 0.0489 e. The predicted molar refractivity (Wildman–Crippen MR) is 123 cm³/mol. The first-order chi connectivity index (χ1) is 13.8. The van der Waals surface area contributed by atoms with Crippen LogP contribution in [0.5, 0.6) is 0 Å². The third-order valence-electron chi connectivity index (χ3n) is 5.22. The van der Waals surface area contributed by atoms with Crippen LogP contribution < -0.4 is 0 Å². The quantitative estimate of drug-likeness (QED) is 0.303. The zero-order valence-corrected chi connectivity index (χ0v) is 16.7. The Morgan fingerprint density at radius 1 is 0.464 bits per heavy atom. The van der Waals surface area contributed by atoms with Crippen LogP contribution >= 0.6 is 0 Å². The van der Waals surface area contributed by atoms with Crippen molar-refractivity contribution >= 4 is 21.8 Å². The molecule has 1 heterocycles. The SMILES string of the molecule is CC.Cn1c2ccc(-c3ccccc3)cc2c2cc(-c3ccccc3)ccc21. The van der Waals surface area contributed by atoms with E-state index in [0.29, 0.717) is 0 Å². The zero-order chi connectivity index (χ0) is 19.5. The van der Waals surface area contributed by atoms with Gasteiger partial charge in [-0.15, -0.1) is 0 Å². The summed E-state index contributed by atoms with van der Waals surface area (Å²) >= 11 is 0. The highest BCUT2D eigenvalue weighted by molar-refractivity contribution is 6.10. The van der Waals surface area contributed by atoms with Crippen LogP contribution in [0.25, 0.3) is 44.1 Å². The maximum absolute atomic E-state index is 2.32. The Bertz CT molecular complexity index is 1120. The first-order valence-electron chi connectivity index (χ1n) is 9.94. The Morgan fingerprint density at radius 3 is 1.25 bits per heavy atom. The second-order valence-corrected chi connectivity index (χ2v) is 6.75. The fraction of sp³-hybridized carbons (Fsp3) is 0.111. The van der Waals surface area contributed by atoms with Crippen molar-refractivity contribution in [3.05, 3.63) is 97.1 Å². The van der Waals surface area contributed by atoms with E-state index in [9.17, 15) is 0 Å². The third kappa shape index (κ3) is 3.10. The molecule has 0 N–H and O–H groups in total. The van der Waals surface area contributed by atoms with E-state index in [1.807, 2.05) is 13.8 Å². The molecule has 1 nitrogen and oxygen atoms in total. The fourth-order valence-electron chi connectivity index (χ4n) is 3.84. The molecule has 0 saturated heterocycles. The average Bonchev–Trinajstić information content (AvgIpc) is 3.07. The molecule has 0 unspecified atom stereocenters. The van der Waals surface area contributed by atoms with Crippen LogP contribution in [0.4, 0.5) is 0 Å². The van der Waals surface area contributed by atoms with Crippen molar-refractivity contribution in [2.45, 2.75) is 13.8 Å². The van der Waals surface area contributed by atoms with Crippen LogP contribution in [0.15, 0.2) is 97.1 Å². The van der Waals surface area contributed by atoms with Crippen molar-refractivity contribution in [1.82, 2.24) is 4.57 Å². The normalized spacial score (nSPS) is 10.7. The first-order valence-corrected chi connectivity index (χ1v) is 9.94. The topological polar surface area (TPSA) is 4.93 Å². The summed E-state index contributed by atoms with van der Waals surface area (Å²) in [5.41, 5.74) is 7.57. The second-order valence-electron chi connectivity index (χ2n) is 6.75. The predicted octanol–water partition coefficient (Wildman–Crippen LogP) is 7.69. The molecular formula is C27H25N. The monoisotopic (exact) mass is 363 g/mol. The number of rotatable bonds is 2. The van der Waals surface area contributed by atoms with Crippen LogP contribution in [0.3, 0.4) is 0 Å². The molecule has 0 radical (unpaired) electrons. The van der Waals surface area contributed by atoms with Gasteiger partial charge in [0, 0.05) is 28.9 Å². The Kier molecular flexibility index (Phi) is 4.99. The van der Waals surface area contributed by atoms with Crippen LogP contribution in [-0.4, -0.2) is 4.57 Å². The van der Waals surface area contributed by atoms with Gasteiger partial charge in [-0.1, -0.05) is 86.6 Å². The van der Waals surface area contributed by atoms with E-state index in [-0.39, 0.29) is 0 Å². The Labute approximate surface area is 166 Å². The summed E-state index contributed by atoms with van der Waals surface area (Å²) in [4.78, 5) is 0. The van der Waals surface area contributed by atoms with Gasteiger partial charge >= 0.3 is 0 Å². The van der Waals surface area contributed by atoms with Gasteiger partial charge in [0.15, 0.2) is 0 Å². The molecule has 0 spiro atoms.